The van der Waals surface area contributed by atoms with Crippen molar-refractivity contribution in [1.82, 2.24) is 5.32 Å². The molecule has 1 N–H and O–H groups in total. The zero-order chi connectivity index (χ0) is 18.6. The third-order valence-electron chi connectivity index (χ3n) is 4.75. The molecule has 0 spiro atoms. The molecule has 0 radical (unpaired) electrons. The van der Waals surface area contributed by atoms with Gasteiger partial charge >= 0.3 is 6.09 Å². The quantitative estimate of drug-likeness (QED) is 0.817. The van der Waals surface area contributed by atoms with Gasteiger partial charge in [0.25, 0.3) is 0 Å². The summed E-state index contributed by atoms with van der Waals surface area (Å²) < 4.78 is 15.7. The maximum atomic E-state index is 11.8. The van der Waals surface area contributed by atoms with Gasteiger partial charge in [-0.2, -0.15) is 5.26 Å². The molecule has 1 amide bonds. The van der Waals surface area contributed by atoms with Gasteiger partial charge in [0.15, 0.2) is 0 Å². The minimum absolute atomic E-state index is 0.0689. The number of morpholine rings is 1. The summed E-state index contributed by atoms with van der Waals surface area (Å²) in [5.41, 5.74) is 1.82. The molecule has 7 heteroatoms. The van der Waals surface area contributed by atoms with Gasteiger partial charge in [0.05, 0.1) is 25.9 Å². The van der Waals surface area contributed by atoms with E-state index < -0.39 is 12.2 Å². The van der Waals surface area contributed by atoms with E-state index in [0.29, 0.717) is 18.7 Å². The summed E-state index contributed by atoms with van der Waals surface area (Å²) >= 11 is 0. The van der Waals surface area contributed by atoms with Gasteiger partial charge in [0, 0.05) is 30.9 Å². The number of epoxide rings is 1. The van der Waals surface area contributed by atoms with Crippen LogP contribution in [0, 0.1) is 11.3 Å². The molecular weight excluding hydrogens is 346 g/mol. The van der Waals surface area contributed by atoms with Crippen molar-refractivity contribution < 1.29 is 19.0 Å². The van der Waals surface area contributed by atoms with E-state index in [9.17, 15) is 10.1 Å². The van der Waals surface area contributed by atoms with Crippen LogP contribution in [-0.4, -0.2) is 51.7 Å². The molecule has 0 aliphatic carbocycles. The highest BCUT2D eigenvalue weighted by molar-refractivity contribution is 5.86. The Morgan fingerprint density at radius 1 is 1.26 bits per heavy atom. The number of anilines is 1. The predicted molar refractivity (Wildman–Crippen MR) is 99.6 cm³/mol. The van der Waals surface area contributed by atoms with Gasteiger partial charge in [0.1, 0.15) is 6.07 Å². The normalized spacial score (nSPS) is 20.0. The topological polar surface area (TPSA) is 87.1 Å². The molecule has 4 rings (SSSR count). The van der Waals surface area contributed by atoms with Gasteiger partial charge < -0.3 is 24.4 Å². The number of rotatable bonds is 5. The Labute approximate surface area is 157 Å². The summed E-state index contributed by atoms with van der Waals surface area (Å²) in [6.07, 6.45) is -1.49. The molecule has 0 saturated carbocycles. The lowest BCUT2D eigenvalue weighted by Crippen LogP contribution is -2.36. The number of hydrogen-bond acceptors (Lipinski definition) is 6. The van der Waals surface area contributed by atoms with Crippen LogP contribution < -0.4 is 10.2 Å². The first-order valence-electron chi connectivity index (χ1n) is 9.05. The third-order valence-corrected chi connectivity index (χ3v) is 4.75. The molecule has 2 heterocycles. The summed E-state index contributed by atoms with van der Waals surface area (Å²) in [6, 6.07) is 14.0. The van der Waals surface area contributed by atoms with Crippen LogP contribution in [0.15, 0.2) is 36.4 Å². The van der Waals surface area contributed by atoms with Crippen LogP contribution in [0.25, 0.3) is 10.8 Å². The predicted octanol–water partition coefficient (Wildman–Crippen LogP) is 2.37. The van der Waals surface area contributed by atoms with Gasteiger partial charge in [0.2, 0.25) is 6.10 Å². The summed E-state index contributed by atoms with van der Waals surface area (Å²) in [4.78, 5) is 14.1. The molecule has 140 valence electrons. The highest BCUT2D eigenvalue weighted by Crippen LogP contribution is 2.27. The minimum Gasteiger partial charge on any atom is -0.426 e. The Balaban J connectivity index is 1.47. The van der Waals surface area contributed by atoms with Crippen LogP contribution in [0.3, 0.4) is 0 Å². The first-order chi connectivity index (χ1) is 13.2. The van der Waals surface area contributed by atoms with Crippen LogP contribution >= 0.6 is 0 Å². The van der Waals surface area contributed by atoms with E-state index in [2.05, 4.69) is 22.3 Å². The summed E-state index contributed by atoms with van der Waals surface area (Å²) in [5, 5.41) is 14.1. The average Bonchev–Trinajstić information content (AvgIpc) is 3.55. The second-order valence-electron chi connectivity index (χ2n) is 6.64. The van der Waals surface area contributed by atoms with Gasteiger partial charge in [-0.25, -0.2) is 4.79 Å². The largest absolute Gasteiger partial charge is 0.426 e. The number of fused-ring (bicyclic) bond motifs is 1. The molecule has 2 unspecified atom stereocenters. The lowest BCUT2D eigenvalue weighted by atomic mass is 10.0. The molecule has 2 saturated heterocycles. The van der Waals surface area contributed by atoms with E-state index in [1.807, 2.05) is 30.3 Å². The van der Waals surface area contributed by atoms with E-state index in [4.69, 9.17) is 14.2 Å². The van der Waals surface area contributed by atoms with Gasteiger partial charge in [-0.1, -0.05) is 18.2 Å². The van der Waals surface area contributed by atoms with Crippen molar-refractivity contribution in [2.24, 2.45) is 0 Å². The first-order valence-corrected chi connectivity index (χ1v) is 9.05. The maximum absolute atomic E-state index is 11.8. The van der Waals surface area contributed by atoms with Crippen LogP contribution in [-0.2, 0) is 14.2 Å². The Bertz CT molecular complexity index is 869. The van der Waals surface area contributed by atoms with E-state index in [1.54, 1.807) is 0 Å². The number of nitrogens with one attached hydrogen (secondary N) is 1. The Morgan fingerprint density at radius 3 is 2.74 bits per heavy atom. The van der Waals surface area contributed by atoms with Crippen molar-refractivity contribution in [1.29, 1.82) is 5.26 Å². The second kappa shape index (κ2) is 7.82. The molecule has 2 aliphatic heterocycles. The van der Waals surface area contributed by atoms with Crippen LogP contribution in [0.4, 0.5) is 10.5 Å². The lowest BCUT2D eigenvalue weighted by molar-refractivity contribution is 0.122. The van der Waals surface area contributed by atoms with Crippen molar-refractivity contribution in [2.75, 3.05) is 44.4 Å². The van der Waals surface area contributed by atoms with Crippen molar-refractivity contribution in [3.8, 4) is 6.07 Å². The number of ether oxygens (including phenoxy) is 3. The fraction of sp³-hybridized carbons (Fsp3) is 0.400. The Hall–Kier alpha value is -2.82. The lowest BCUT2D eigenvalue weighted by Gasteiger charge is -2.29. The number of hydrogen-bond donors (Lipinski definition) is 1. The standard InChI is InChI=1S/C20H21N3O4/c21-11-19(27-20(24)22-12-18-13-26-18)16-2-1-15-10-17(4-3-14(15)9-16)23-5-7-25-8-6-23/h1-4,9-10,18-19H,5-8,12-13H2,(H,22,24). The zero-order valence-electron chi connectivity index (χ0n) is 14.9. The summed E-state index contributed by atoms with van der Waals surface area (Å²) in [6.45, 7) is 4.31. The van der Waals surface area contributed by atoms with E-state index in [0.717, 1.165) is 42.8 Å². The molecule has 7 nitrogen and oxygen atoms in total. The average molecular weight is 367 g/mol. The third kappa shape index (κ3) is 4.30. The molecule has 2 atom stereocenters. The molecule has 2 aromatic rings. The number of nitrogens with zero attached hydrogens (tertiary/aromatic N) is 2. The highest BCUT2D eigenvalue weighted by atomic mass is 16.6. The van der Waals surface area contributed by atoms with Gasteiger partial charge in [-0.05, 0) is 29.0 Å². The molecular formula is C20H21N3O4. The Kier molecular flexibility index (Phi) is 5.10. The molecule has 0 bridgehead atoms. The fourth-order valence-corrected chi connectivity index (χ4v) is 3.13. The minimum atomic E-state index is -0.951. The van der Waals surface area contributed by atoms with Crippen molar-refractivity contribution in [2.45, 2.75) is 12.2 Å². The number of alkyl carbamates (subject to hydrolysis) is 1. The van der Waals surface area contributed by atoms with Crippen molar-refractivity contribution in [3.05, 3.63) is 42.0 Å². The van der Waals surface area contributed by atoms with Crippen LogP contribution in [0.1, 0.15) is 11.7 Å². The number of amides is 1. The summed E-state index contributed by atoms with van der Waals surface area (Å²) in [7, 11) is 0. The first kappa shape index (κ1) is 17.6. The fourth-order valence-electron chi connectivity index (χ4n) is 3.13. The monoisotopic (exact) mass is 367 g/mol. The smallest absolute Gasteiger partial charge is 0.408 e. The number of carbonyl (C=O) groups is 1. The molecule has 0 aromatic heterocycles. The Morgan fingerprint density at radius 2 is 2.00 bits per heavy atom. The molecule has 2 fully saturated rings. The maximum Gasteiger partial charge on any atom is 0.408 e. The van der Waals surface area contributed by atoms with Gasteiger partial charge in [-0.3, -0.25) is 0 Å². The zero-order valence-corrected chi connectivity index (χ0v) is 14.9. The molecule has 27 heavy (non-hydrogen) atoms. The highest BCUT2D eigenvalue weighted by Gasteiger charge is 2.24. The van der Waals surface area contributed by atoms with E-state index in [-0.39, 0.29) is 6.10 Å². The van der Waals surface area contributed by atoms with E-state index in [1.165, 1.54) is 0 Å². The van der Waals surface area contributed by atoms with Crippen LogP contribution in [0.2, 0.25) is 0 Å². The van der Waals surface area contributed by atoms with Gasteiger partial charge in [-0.15, -0.1) is 0 Å². The van der Waals surface area contributed by atoms with E-state index >= 15 is 0 Å². The number of benzene rings is 2. The summed E-state index contributed by atoms with van der Waals surface area (Å²) in [5.74, 6) is 0. The number of nitriles is 1. The SMILES string of the molecule is N#CC(OC(=O)NCC1CO1)c1ccc2cc(N3CCOCC3)ccc2c1. The van der Waals surface area contributed by atoms with Crippen LogP contribution in [0.5, 0.6) is 0 Å². The van der Waals surface area contributed by atoms with Crippen molar-refractivity contribution in [3.63, 3.8) is 0 Å². The molecule has 2 aromatic carbocycles. The number of carbonyl (C=O) groups excluding carboxylic acids is 1. The second-order valence-corrected chi connectivity index (χ2v) is 6.64. The van der Waals surface area contributed by atoms with Crippen molar-refractivity contribution >= 4 is 22.6 Å². The molecule has 2 aliphatic rings.